The highest BCUT2D eigenvalue weighted by Gasteiger charge is 2.22. The lowest BCUT2D eigenvalue weighted by Gasteiger charge is -2.36. The first kappa shape index (κ1) is 11.4. The summed E-state index contributed by atoms with van der Waals surface area (Å²) in [6, 6.07) is 2.83. The van der Waals surface area contributed by atoms with Gasteiger partial charge in [-0.2, -0.15) is 5.10 Å². The van der Waals surface area contributed by atoms with E-state index in [4.69, 9.17) is 0 Å². The van der Waals surface area contributed by atoms with Gasteiger partial charge in [0.25, 0.3) is 0 Å². The average Bonchev–Trinajstić information content (AvgIpc) is 2.32. The molecule has 16 heavy (non-hydrogen) atoms. The zero-order valence-electron chi connectivity index (χ0n) is 10.5. The Balaban J connectivity index is 2.23. The quantitative estimate of drug-likeness (QED) is 0.766. The van der Waals surface area contributed by atoms with Gasteiger partial charge in [0.15, 0.2) is 5.82 Å². The highest BCUT2D eigenvalue weighted by Crippen LogP contribution is 2.25. The van der Waals surface area contributed by atoms with Crippen molar-refractivity contribution in [1.82, 2.24) is 10.2 Å². The molecule has 0 N–H and O–H groups in total. The van der Waals surface area contributed by atoms with Gasteiger partial charge in [-0.05, 0) is 51.2 Å². The number of aromatic nitrogens is 2. The van der Waals surface area contributed by atoms with Gasteiger partial charge < -0.3 is 4.90 Å². The smallest absolute Gasteiger partial charge is 0.151 e. The van der Waals surface area contributed by atoms with Gasteiger partial charge in [0.05, 0.1) is 5.69 Å². The Morgan fingerprint density at radius 3 is 2.81 bits per heavy atom. The van der Waals surface area contributed by atoms with Crippen LogP contribution in [0.15, 0.2) is 6.07 Å². The minimum Gasteiger partial charge on any atom is -0.352 e. The Morgan fingerprint density at radius 1 is 1.31 bits per heavy atom. The average molecular weight is 219 g/mol. The fourth-order valence-corrected chi connectivity index (χ4v) is 2.40. The van der Waals surface area contributed by atoms with Gasteiger partial charge in [-0.15, -0.1) is 5.10 Å². The lowest BCUT2D eigenvalue weighted by Crippen LogP contribution is -2.39. The van der Waals surface area contributed by atoms with Gasteiger partial charge in [-0.1, -0.05) is 6.92 Å². The van der Waals surface area contributed by atoms with Crippen molar-refractivity contribution in [2.45, 2.75) is 52.5 Å². The van der Waals surface area contributed by atoms with E-state index in [1.54, 1.807) is 0 Å². The molecule has 0 aliphatic carbocycles. The molecule has 88 valence electrons. The molecule has 2 rings (SSSR count). The van der Waals surface area contributed by atoms with E-state index in [1.807, 2.05) is 6.92 Å². The SMILES string of the molecule is CCC1CCCCN1c1cc(C)c(C)nn1. The summed E-state index contributed by atoms with van der Waals surface area (Å²) >= 11 is 0. The zero-order chi connectivity index (χ0) is 11.5. The van der Waals surface area contributed by atoms with Gasteiger partial charge in [-0.25, -0.2) is 0 Å². The first-order valence-corrected chi connectivity index (χ1v) is 6.30. The van der Waals surface area contributed by atoms with Crippen LogP contribution < -0.4 is 4.90 Å². The summed E-state index contributed by atoms with van der Waals surface area (Å²) in [5.74, 6) is 1.06. The molecule has 3 nitrogen and oxygen atoms in total. The van der Waals surface area contributed by atoms with Crippen LogP contribution in [0.2, 0.25) is 0 Å². The molecule has 1 fully saturated rings. The Kier molecular flexibility index (Phi) is 3.42. The lowest BCUT2D eigenvalue weighted by molar-refractivity contribution is 0.445. The molecule has 3 heteroatoms. The van der Waals surface area contributed by atoms with Crippen molar-refractivity contribution in [3.8, 4) is 0 Å². The van der Waals surface area contributed by atoms with Crippen LogP contribution in [0.25, 0.3) is 0 Å². The third kappa shape index (κ3) is 2.18. The number of rotatable bonds is 2. The Hall–Kier alpha value is -1.12. The van der Waals surface area contributed by atoms with E-state index in [2.05, 4.69) is 35.0 Å². The predicted octanol–water partition coefficient (Wildman–Crippen LogP) is 2.86. The maximum atomic E-state index is 4.34. The maximum absolute atomic E-state index is 4.34. The molecule has 0 bridgehead atoms. The number of hydrogen-bond donors (Lipinski definition) is 0. The lowest BCUT2D eigenvalue weighted by atomic mass is 10.00. The molecule has 1 saturated heterocycles. The standard InChI is InChI=1S/C13H21N3/c1-4-12-7-5-6-8-16(12)13-9-10(2)11(3)14-15-13/h9,12H,4-8H2,1-3H3. The summed E-state index contributed by atoms with van der Waals surface area (Å²) in [5.41, 5.74) is 2.28. The van der Waals surface area contributed by atoms with E-state index in [0.29, 0.717) is 6.04 Å². The van der Waals surface area contributed by atoms with Crippen molar-refractivity contribution in [2.24, 2.45) is 0 Å². The van der Waals surface area contributed by atoms with Crippen molar-refractivity contribution in [2.75, 3.05) is 11.4 Å². The van der Waals surface area contributed by atoms with Gasteiger partial charge in [0.1, 0.15) is 0 Å². The minimum atomic E-state index is 0.658. The van der Waals surface area contributed by atoms with Crippen LogP contribution in [-0.2, 0) is 0 Å². The third-order valence-electron chi connectivity index (χ3n) is 3.61. The first-order chi connectivity index (χ1) is 7.72. The van der Waals surface area contributed by atoms with Crippen LogP contribution in [0.5, 0.6) is 0 Å². The monoisotopic (exact) mass is 219 g/mol. The molecule has 1 aliphatic rings. The fraction of sp³-hybridized carbons (Fsp3) is 0.692. The Labute approximate surface area is 97.9 Å². The number of anilines is 1. The van der Waals surface area contributed by atoms with Crippen molar-refractivity contribution >= 4 is 5.82 Å². The van der Waals surface area contributed by atoms with E-state index in [-0.39, 0.29) is 0 Å². The third-order valence-corrected chi connectivity index (χ3v) is 3.61. The molecular weight excluding hydrogens is 198 g/mol. The largest absolute Gasteiger partial charge is 0.352 e. The molecule has 1 aromatic rings. The van der Waals surface area contributed by atoms with Crippen molar-refractivity contribution in [3.63, 3.8) is 0 Å². The molecule has 1 atom stereocenters. The van der Waals surface area contributed by atoms with Gasteiger partial charge in [0.2, 0.25) is 0 Å². The first-order valence-electron chi connectivity index (χ1n) is 6.30. The second-order valence-corrected chi connectivity index (χ2v) is 4.72. The minimum absolute atomic E-state index is 0.658. The van der Waals surface area contributed by atoms with Crippen LogP contribution in [0.1, 0.15) is 43.9 Å². The molecule has 0 amide bonds. The summed E-state index contributed by atoms with van der Waals surface area (Å²) in [6.07, 6.45) is 5.14. The Bertz CT molecular complexity index is 362. The summed E-state index contributed by atoms with van der Waals surface area (Å²) in [4.78, 5) is 2.43. The maximum Gasteiger partial charge on any atom is 0.151 e. The van der Waals surface area contributed by atoms with Crippen LogP contribution in [0.4, 0.5) is 5.82 Å². The van der Waals surface area contributed by atoms with E-state index in [0.717, 1.165) is 18.1 Å². The molecule has 0 radical (unpaired) electrons. The second kappa shape index (κ2) is 4.81. The molecule has 0 saturated carbocycles. The van der Waals surface area contributed by atoms with Crippen molar-refractivity contribution in [1.29, 1.82) is 0 Å². The van der Waals surface area contributed by atoms with Crippen molar-refractivity contribution in [3.05, 3.63) is 17.3 Å². The van der Waals surface area contributed by atoms with Crippen LogP contribution in [-0.4, -0.2) is 22.8 Å². The molecule has 2 heterocycles. The van der Waals surface area contributed by atoms with E-state index < -0.39 is 0 Å². The van der Waals surface area contributed by atoms with Gasteiger partial charge in [0, 0.05) is 12.6 Å². The topological polar surface area (TPSA) is 29.0 Å². The molecular formula is C13H21N3. The van der Waals surface area contributed by atoms with Crippen molar-refractivity contribution < 1.29 is 0 Å². The molecule has 0 spiro atoms. The summed E-state index contributed by atoms with van der Waals surface area (Å²) in [7, 11) is 0. The second-order valence-electron chi connectivity index (χ2n) is 4.72. The highest BCUT2D eigenvalue weighted by molar-refractivity contribution is 5.42. The molecule has 0 aromatic carbocycles. The normalized spacial score (nSPS) is 21.2. The van der Waals surface area contributed by atoms with Crippen LogP contribution >= 0.6 is 0 Å². The van der Waals surface area contributed by atoms with Crippen LogP contribution in [0.3, 0.4) is 0 Å². The summed E-state index contributed by atoms with van der Waals surface area (Å²) < 4.78 is 0. The zero-order valence-corrected chi connectivity index (χ0v) is 10.5. The number of aryl methyl sites for hydroxylation is 2. The van der Waals surface area contributed by atoms with E-state index in [1.165, 1.54) is 31.2 Å². The summed E-state index contributed by atoms with van der Waals surface area (Å²) in [6.45, 7) is 7.52. The fourth-order valence-electron chi connectivity index (χ4n) is 2.40. The predicted molar refractivity (Wildman–Crippen MR) is 66.8 cm³/mol. The van der Waals surface area contributed by atoms with Crippen LogP contribution in [0, 0.1) is 13.8 Å². The number of piperidine rings is 1. The van der Waals surface area contributed by atoms with Gasteiger partial charge >= 0.3 is 0 Å². The molecule has 1 aromatic heterocycles. The number of hydrogen-bond acceptors (Lipinski definition) is 3. The van der Waals surface area contributed by atoms with E-state index >= 15 is 0 Å². The van der Waals surface area contributed by atoms with Gasteiger partial charge in [-0.3, -0.25) is 0 Å². The number of nitrogens with zero attached hydrogens (tertiary/aromatic N) is 3. The Morgan fingerprint density at radius 2 is 2.12 bits per heavy atom. The molecule has 1 unspecified atom stereocenters. The molecule has 1 aliphatic heterocycles. The highest BCUT2D eigenvalue weighted by atomic mass is 15.3. The summed E-state index contributed by atoms with van der Waals surface area (Å²) in [5, 5.41) is 8.57. The van der Waals surface area contributed by atoms with E-state index in [9.17, 15) is 0 Å².